The Bertz CT molecular complexity index is 697. The Hall–Kier alpha value is -2.28. The first-order chi connectivity index (χ1) is 11.0. The van der Waals surface area contributed by atoms with Crippen molar-refractivity contribution in [3.05, 3.63) is 71.3 Å². The molecule has 120 valence electrons. The summed E-state index contributed by atoms with van der Waals surface area (Å²) in [7, 11) is 0. The number of halogens is 3. The molecule has 0 saturated carbocycles. The number of nitrogens with zero attached hydrogens (tertiary/aromatic N) is 2. The summed E-state index contributed by atoms with van der Waals surface area (Å²) < 4.78 is 38.4. The third-order valence-corrected chi connectivity index (χ3v) is 3.70. The van der Waals surface area contributed by atoms with Gasteiger partial charge in [0, 0.05) is 11.3 Å². The highest BCUT2D eigenvalue weighted by atomic mass is 32.2. The van der Waals surface area contributed by atoms with E-state index in [4.69, 9.17) is 5.73 Å². The predicted octanol–water partition coefficient (Wildman–Crippen LogP) is 4.29. The largest absolute Gasteiger partial charge is 0.417 e. The van der Waals surface area contributed by atoms with Crippen LogP contribution in [0.1, 0.15) is 16.7 Å². The van der Waals surface area contributed by atoms with Gasteiger partial charge in [0.15, 0.2) is 5.17 Å². The molecule has 0 saturated heterocycles. The van der Waals surface area contributed by atoms with Gasteiger partial charge in [0.25, 0.3) is 0 Å². The minimum atomic E-state index is -4.43. The fourth-order valence-electron chi connectivity index (χ4n) is 1.78. The summed E-state index contributed by atoms with van der Waals surface area (Å²) in [6.45, 7) is 0. The van der Waals surface area contributed by atoms with E-state index in [1.807, 2.05) is 30.3 Å². The first-order valence-corrected chi connectivity index (χ1v) is 7.65. The molecule has 7 heteroatoms. The SMILES string of the molecule is NC(=NN=Cc1ccccc1C(F)(F)F)SCc1ccccc1. The smallest absolute Gasteiger partial charge is 0.377 e. The van der Waals surface area contributed by atoms with Crippen molar-refractivity contribution in [3.8, 4) is 0 Å². The average Bonchev–Trinajstić information content (AvgIpc) is 2.53. The molecule has 0 heterocycles. The van der Waals surface area contributed by atoms with Gasteiger partial charge in [-0.3, -0.25) is 0 Å². The van der Waals surface area contributed by atoms with Crippen molar-refractivity contribution in [2.45, 2.75) is 11.9 Å². The quantitative estimate of drug-likeness (QED) is 0.514. The second-order valence-electron chi connectivity index (χ2n) is 4.54. The third kappa shape index (κ3) is 5.45. The molecule has 0 radical (unpaired) electrons. The molecule has 0 fully saturated rings. The minimum absolute atomic E-state index is 0.0513. The number of benzene rings is 2. The van der Waals surface area contributed by atoms with E-state index in [0.717, 1.165) is 17.8 Å². The van der Waals surface area contributed by atoms with Crippen molar-refractivity contribution in [1.82, 2.24) is 0 Å². The van der Waals surface area contributed by atoms with Crippen LogP contribution in [0.3, 0.4) is 0 Å². The summed E-state index contributed by atoms with van der Waals surface area (Å²) in [6, 6.07) is 14.8. The summed E-state index contributed by atoms with van der Waals surface area (Å²) in [6.07, 6.45) is -3.38. The minimum Gasteiger partial charge on any atom is -0.377 e. The number of thioether (sulfide) groups is 1. The Morgan fingerprint density at radius 3 is 2.39 bits per heavy atom. The molecule has 3 nitrogen and oxygen atoms in total. The Balaban J connectivity index is 2.00. The Morgan fingerprint density at radius 1 is 1.04 bits per heavy atom. The highest BCUT2D eigenvalue weighted by Gasteiger charge is 2.32. The van der Waals surface area contributed by atoms with E-state index in [-0.39, 0.29) is 10.7 Å². The number of hydrogen-bond acceptors (Lipinski definition) is 3. The second-order valence-corrected chi connectivity index (χ2v) is 5.54. The lowest BCUT2D eigenvalue weighted by Crippen LogP contribution is -2.09. The molecule has 0 aliphatic heterocycles. The Morgan fingerprint density at radius 2 is 1.70 bits per heavy atom. The molecule has 2 aromatic rings. The molecular weight excluding hydrogens is 323 g/mol. The van der Waals surface area contributed by atoms with Gasteiger partial charge in [-0.15, -0.1) is 5.10 Å². The van der Waals surface area contributed by atoms with Gasteiger partial charge in [0.05, 0.1) is 11.8 Å². The van der Waals surface area contributed by atoms with Gasteiger partial charge in [-0.05, 0) is 11.6 Å². The number of alkyl halides is 3. The van der Waals surface area contributed by atoms with Crippen LogP contribution in [0, 0.1) is 0 Å². The van der Waals surface area contributed by atoms with E-state index in [1.54, 1.807) is 0 Å². The van der Waals surface area contributed by atoms with Crippen molar-refractivity contribution in [2.24, 2.45) is 15.9 Å². The van der Waals surface area contributed by atoms with E-state index in [0.29, 0.717) is 5.75 Å². The maximum Gasteiger partial charge on any atom is 0.417 e. The van der Waals surface area contributed by atoms with Crippen LogP contribution in [0.4, 0.5) is 13.2 Å². The van der Waals surface area contributed by atoms with Crippen molar-refractivity contribution in [2.75, 3.05) is 0 Å². The molecule has 0 atom stereocenters. The maximum absolute atomic E-state index is 12.8. The van der Waals surface area contributed by atoms with Crippen LogP contribution < -0.4 is 5.73 Å². The van der Waals surface area contributed by atoms with Crippen LogP contribution in [0.15, 0.2) is 64.8 Å². The van der Waals surface area contributed by atoms with E-state index < -0.39 is 11.7 Å². The van der Waals surface area contributed by atoms with Crippen molar-refractivity contribution < 1.29 is 13.2 Å². The van der Waals surface area contributed by atoms with Crippen molar-refractivity contribution in [3.63, 3.8) is 0 Å². The zero-order valence-electron chi connectivity index (χ0n) is 12.0. The fraction of sp³-hybridized carbons (Fsp3) is 0.125. The molecule has 2 N–H and O–H groups in total. The number of rotatable bonds is 4. The van der Waals surface area contributed by atoms with Gasteiger partial charge in [-0.1, -0.05) is 60.3 Å². The van der Waals surface area contributed by atoms with Gasteiger partial charge in [0.2, 0.25) is 0 Å². The number of nitrogens with two attached hydrogens (primary N) is 1. The van der Waals surface area contributed by atoms with Crippen LogP contribution in [0.25, 0.3) is 0 Å². The van der Waals surface area contributed by atoms with Crippen LogP contribution in [-0.2, 0) is 11.9 Å². The lowest BCUT2D eigenvalue weighted by atomic mass is 10.1. The topological polar surface area (TPSA) is 50.7 Å². The zero-order valence-corrected chi connectivity index (χ0v) is 12.8. The molecular formula is C16H14F3N3S. The molecule has 0 amide bonds. The Kier molecular flexibility index (Phi) is 5.81. The van der Waals surface area contributed by atoms with Crippen LogP contribution in [0.5, 0.6) is 0 Å². The summed E-state index contributed by atoms with van der Waals surface area (Å²) in [4.78, 5) is 0. The molecule has 2 aromatic carbocycles. The summed E-state index contributed by atoms with van der Waals surface area (Å²) in [5, 5.41) is 7.55. The lowest BCUT2D eigenvalue weighted by Gasteiger charge is -2.08. The second kappa shape index (κ2) is 7.82. The van der Waals surface area contributed by atoms with Crippen LogP contribution >= 0.6 is 11.8 Å². The maximum atomic E-state index is 12.8. The van der Waals surface area contributed by atoms with E-state index in [9.17, 15) is 13.2 Å². The monoisotopic (exact) mass is 337 g/mol. The first kappa shape index (κ1) is 17.1. The molecule has 0 aromatic heterocycles. The van der Waals surface area contributed by atoms with E-state index in [2.05, 4.69) is 10.2 Å². The van der Waals surface area contributed by atoms with Gasteiger partial charge >= 0.3 is 6.18 Å². The standard InChI is InChI=1S/C16H14F3N3S/c17-16(18,19)14-9-5-4-8-13(14)10-21-22-15(20)23-11-12-6-2-1-3-7-12/h1-10H,11H2,(H2,20,22). The number of hydrogen-bond donors (Lipinski definition) is 1. The first-order valence-electron chi connectivity index (χ1n) is 6.66. The van der Waals surface area contributed by atoms with Crippen LogP contribution in [0.2, 0.25) is 0 Å². The Labute approximate surface area is 136 Å². The highest BCUT2D eigenvalue weighted by Crippen LogP contribution is 2.31. The molecule has 0 spiro atoms. The van der Waals surface area contributed by atoms with Gasteiger partial charge in [-0.25, -0.2) is 0 Å². The molecule has 0 aliphatic rings. The fourth-order valence-corrected chi connectivity index (χ4v) is 2.39. The van der Waals surface area contributed by atoms with Crippen LogP contribution in [-0.4, -0.2) is 11.4 Å². The van der Waals surface area contributed by atoms with Gasteiger partial charge < -0.3 is 5.73 Å². The average molecular weight is 337 g/mol. The van der Waals surface area contributed by atoms with Gasteiger partial charge in [0.1, 0.15) is 0 Å². The summed E-state index contributed by atoms with van der Waals surface area (Å²) >= 11 is 1.27. The molecule has 23 heavy (non-hydrogen) atoms. The molecule has 0 aliphatic carbocycles. The zero-order chi connectivity index (χ0) is 16.7. The third-order valence-electron chi connectivity index (χ3n) is 2.85. The predicted molar refractivity (Wildman–Crippen MR) is 88.4 cm³/mol. The number of amidine groups is 1. The highest BCUT2D eigenvalue weighted by molar-refractivity contribution is 8.13. The van der Waals surface area contributed by atoms with Gasteiger partial charge in [-0.2, -0.15) is 18.3 Å². The summed E-state index contributed by atoms with van der Waals surface area (Å²) in [5.74, 6) is 0.616. The molecule has 2 rings (SSSR count). The van der Waals surface area contributed by atoms with E-state index >= 15 is 0 Å². The normalized spacial score (nSPS) is 12.7. The van der Waals surface area contributed by atoms with E-state index in [1.165, 1.54) is 30.0 Å². The van der Waals surface area contributed by atoms with Crippen molar-refractivity contribution in [1.29, 1.82) is 0 Å². The lowest BCUT2D eigenvalue weighted by molar-refractivity contribution is -0.137. The molecule has 0 unspecified atom stereocenters. The molecule has 0 bridgehead atoms. The summed E-state index contributed by atoms with van der Waals surface area (Å²) in [5.41, 5.74) is 5.95. The van der Waals surface area contributed by atoms with Crippen molar-refractivity contribution >= 4 is 23.1 Å².